The van der Waals surface area contributed by atoms with Crippen molar-refractivity contribution in [2.75, 3.05) is 5.45 Å². The van der Waals surface area contributed by atoms with Gasteiger partial charge in [-0.25, -0.2) is 0 Å². The monoisotopic (exact) mass is 582 g/mol. The second kappa shape index (κ2) is 8.16. The first-order valence-electron chi connectivity index (χ1n) is 11.0. The first-order valence-corrected chi connectivity index (χ1v) is 12.9. The van der Waals surface area contributed by atoms with Crippen LogP contribution in [0.15, 0.2) is 42.5 Å². The number of imide groups is 2. The van der Waals surface area contributed by atoms with Crippen molar-refractivity contribution in [3.63, 3.8) is 0 Å². The van der Waals surface area contributed by atoms with E-state index < -0.39 is 57.0 Å². The maximum absolute atomic E-state index is 13.6. The van der Waals surface area contributed by atoms with E-state index in [0.29, 0.717) is 17.6 Å². The Morgan fingerprint density at radius 3 is 2.51 bits per heavy atom. The van der Waals surface area contributed by atoms with E-state index in [1.54, 1.807) is 30.4 Å². The Balaban J connectivity index is 1.77. The Hall–Kier alpha value is -2.20. The molecule has 35 heavy (non-hydrogen) atoms. The lowest BCUT2D eigenvalue weighted by Crippen LogP contribution is -2.60. The van der Waals surface area contributed by atoms with E-state index >= 15 is 0 Å². The number of carbonyl (C=O) groups excluding carboxylic acids is 4. The molecule has 2 aliphatic heterocycles. The molecule has 0 radical (unpaired) electrons. The number of aromatic hydroxyl groups is 1. The van der Waals surface area contributed by atoms with Crippen LogP contribution in [-0.4, -0.2) is 59.1 Å². The summed E-state index contributed by atoms with van der Waals surface area (Å²) >= 11 is 17.3. The van der Waals surface area contributed by atoms with Crippen LogP contribution in [0.25, 0.3) is 0 Å². The molecule has 1 aromatic rings. The summed E-state index contributed by atoms with van der Waals surface area (Å²) in [5.74, 6) is -6.66. The van der Waals surface area contributed by atoms with Crippen LogP contribution in [0.3, 0.4) is 0 Å². The average molecular weight is 584 g/mol. The van der Waals surface area contributed by atoms with Gasteiger partial charge in [0.15, 0.2) is 9.75 Å². The smallest absolute Gasteiger partial charge is 0.257 e. The lowest BCUT2D eigenvalue weighted by molar-refractivity contribution is -0.173. The van der Waals surface area contributed by atoms with E-state index in [1.807, 2.05) is 0 Å². The zero-order valence-corrected chi connectivity index (χ0v) is 21.4. The Morgan fingerprint density at radius 2 is 1.86 bits per heavy atom. The molecule has 4 aliphatic rings. The van der Waals surface area contributed by atoms with Crippen molar-refractivity contribution in [2.45, 2.75) is 34.9 Å². The van der Waals surface area contributed by atoms with Crippen LogP contribution in [0, 0.1) is 17.8 Å². The summed E-state index contributed by atoms with van der Waals surface area (Å²) in [5, 5.41) is 21.4. The van der Waals surface area contributed by atoms with Gasteiger partial charge in [0.1, 0.15) is 5.75 Å². The lowest BCUT2D eigenvalue weighted by atomic mass is 9.56. The minimum Gasteiger partial charge on any atom is -0.507 e. The van der Waals surface area contributed by atoms with Gasteiger partial charge in [-0.05, 0) is 30.7 Å². The summed E-state index contributed by atoms with van der Waals surface area (Å²) in [6, 6.07) is 5.01. The summed E-state index contributed by atoms with van der Waals surface area (Å²) < 4.78 is 0. The summed E-state index contributed by atoms with van der Waals surface area (Å²) in [5.41, 5.74) is 1.23. The summed E-state index contributed by atoms with van der Waals surface area (Å²) in [6.45, 7) is 3.71. The fraction of sp³-hybridized carbons (Fsp3) is 0.417. The first kappa shape index (κ1) is 24.5. The van der Waals surface area contributed by atoms with Crippen LogP contribution in [0.5, 0.6) is 5.75 Å². The highest BCUT2D eigenvalue weighted by Crippen LogP contribution is 2.66. The fourth-order valence-corrected chi connectivity index (χ4v) is 7.66. The molecule has 2 aliphatic carbocycles. The van der Waals surface area contributed by atoms with E-state index in [0.717, 1.165) is 4.90 Å². The molecular weight excluding hydrogens is 563 g/mol. The van der Waals surface area contributed by atoms with Crippen molar-refractivity contribution in [2.24, 2.45) is 17.8 Å². The van der Waals surface area contributed by atoms with Gasteiger partial charge in [-0.2, -0.15) is 5.06 Å². The van der Waals surface area contributed by atoms with E-state index in [-0.39, 0.29) is 34.7 Å². The fourth-order valence-electron chi connectivity index (χ4n) is 6.25. The number of nitrogens with zero attached hydrogens (tertiary/aromatic N) is 2. The number of halogens is 3. The molecule has 0 unspecified atom stereocenters. The number of phenolic OH excluding ortho intramolecular Hbond substituents is 1. The molecule has 184 valence electrons. The Labute approximate surface area is 219 Å². The molecule has 8 nitrogen and oxygen atoms in total. The third-order valence-corrected chi connectivity index (χ3v) is 9.73. The maximum atomic E-state index is 13.6. The van der Waals surface area contributed by atoms with Gasteiger partial charge in [-0.3, -0.25) is 29.3 Å². The normalized spacial score (nSPS) is 36.2. The third-order valence-electron chi connectivity index (χ3n) is 7.82. The van der Waals surface area contributed by atoms with Crippen molar-refractivity contribution in [1.82, 2.24) is 9.96 Å². The second-order valence-corrected chi connectivity index (χ2v) is 11.1. The molecule has 1 saturated carbocycles. The number of fused-ring (bicyclic) bond motifs is 4. The van der Waals surface area contributed by atoms with Gasteiger partial charge in [-0.1, -0.05) is 51.9 Å². The average Bonchev–Trinajstić information content (AvgIpc) is 3.14. The summed E-state index contributed by atoms with van der Waals surface area (Å²) in [7, 11) is 0. The van der Waals surface area contributed by atoms with Crippen molar-refractivity contribution in [3.05, 3.63) is 53.6 Å². The third kappa shape index (κ3) is 2.95. The van der Waals surface area contributed by atoms with Crippen LogP contribution in [0.2, 0.25) is 0 Å². The van der Waals surface area contributed by atoms with Crippen LogP contribution in [0.4, 0.5) is 0 Å². The number of phenols is 1. The van der Waals surface area contributed by atoms with E-state index in [1.165, 1.54) is 0 Å². The van der Waals surface area contributed by atoms with Crippen molar-refractivity contribution in [3.8, 4) is 5.75 Å². The largest absolute Gasteiger partial charge is 0.507 e. The molecule has 6 atom stereocenters. The highest BCUT2D eigenvalue weighted by atomic mass is 79.9. The summed E-state index contributed by atoms with van der Waals surface area (Å²) in [4.78, 5) is 49.5. The van der Waals surface area contributed by atoms with Gasteiger partial charge in [0.25, 0.3) is 23.6 Å². The number of likely N-dealkylation sites (tertiary alicyclic amines) is 1. The van der Waals surface area contributed by atoms with Gasteiger partial charge in [0, 0.05) is 11.5 Å². The maximum Gasteiger partial charge on any atom is 0.257 e. The van der Waals surface area contributed by atoms with Crippen molar-refractivity contribution in [1.29, 1.82) is 0 Å². The van der Waals surface area contributed by atoms with Crippen LogP contribution in [-0.2, 0) is 25.6 Å². The molecule has 4 amide bonds. The van der Waals surface area contributed by atoms with Crippen LogP contribution in [0.1, 0.15) is 29.9 Å². The molecule has 3 fully saturated rings. The van der Waals surface area contributed by atoms with E-state index in [9.17, 15) is 29.5 Å². The number of para-hydroxylation sites is 1. The molecule has 2 heterocycles. The number of rotatable bonds is 4. The second-order valence-electron chi connectivity index (χ2n) is 9.32. The van der Waals surface area contributed by atoms with Gasteiger partial charge >= 0.3 is 0 Å². The SMILES string of the molecule is C=CCc1cccc([C@H]2C3=CC[C@@H]4C(=O)N(O)C(=O)[C@@H]4[C@@H]3C[C@@]3(Cl)C(=O)N(CBr)C(=O)[C@@]23Cl)c1O. The minimum atomic E-state index is -2.00. The molecule has 0 bridgehead atoms. The highest BCUT2D eigenvalue weighted by molar-refractivity contribution is 9.09. The Morgan fingerprint density at radius 1 is 1.14 bits per heavy atom. The van der Waals surface area contributed by atoms with E-state index in [2.05, 4.69) is 22.5 Å². The van der Waals surface area contributed by atoms with Gasteiger partial charge in [-0.15, -0.1) is 29.8 Å². The van der Waals surface area contributed by atoms with E-state index in [4.69, 9.17) is 23.2 Å². The molecular formula is C24H21BrCl2N2O6. The lowest BCUT2D eigenvalue weighted by Gasteiger charge is -2.50. The number of carbonyl (C=O) groups is 4. The molecule has 2 N–H and O–H groups in total. The Kier molecular flexibility index (Phi) is 5.71. The molecule has 11 heteroatoms. The van der Waals surface area contributed by atoms with Crippen LogP contribution >= 0.6 is 39.1 Å². The number of allylic oxidation sites excluding steroid dienone is 3. The molecule has 5 rings (SSSR count). The van der Waals surface area contributed by atoms with Crippen LogP contribution < -0.4 is 0 Å². The minimum absolute atomic E-state index is 0.115. The number of benzene rings is 1. The zero-order valence-electron chi connectivity index (χ0n) is 18.3. The number of hydrogen-bond donors (Lipinski definition) is 2. The first-order chi connectivity index (χ1) is 16.5. The predicted molar refractivity (Wildman–Crippen MR) is 129 cm³/mol. The number of amides is 4. The van der Waals surface area contributed by atoms with Gasteiger partial charge in [0.05, 0.1) is 17.3 Å². The van der Waals surface area contributed by atoms with Crippen molar-refractivity contribution >= 4 is 62.8 Å². The molecule has 1 aromatic carbocycles. The van der Waals surface area contributed by atoms with Gasteiger partial charge in [0.2, 0.25) is 0 Å². The topological polar surface area (TPSA) is 115 Å². The van der Waals surface area contributed by atoms with Crippen molar-refractivity contribution < 1.29 is 29.5 Å². The summed E-state index contributed by atoms with van der Waals surface area (Å²) in [6.07, 6.45) is 3.64. The van der Waals surface area contributed by atoms with Gasteiger partial charge < -0.3 is 5.11 Å². The quantitative estimate of drug-likeness (QED) is 0.185. The number of hydroxylamine groups is 2. The standard InChI is InChI=1S/C24H21BrCl2N2O6/c1-2-4-11-5-3-6-14(18(11)30)17-12-7-8-13-16(20(32)29(35)19(13)31)15(12)9-23(26)21(33)28(10-25)22(34)24(17,23)27/h2-3,5-7,13,15-17,30,35H,1,4,8-10H2/t13-,15+,16-,17+,23+,24-/m0/s1. The molecule has 0 aromatic heterocycles. The Bertz CT molecular complexity index is 1240. The molecule has 2 saturated heterocycles. The zero-order chi connectivity index (χ0) is 25.4. The number of alkyl halides is 3. The predicted octanol–water partition coefficient (Wildman–Crippen LogP) is 3.22. The number of hydrogen-bond acceptors (Lipinski definition) is 6. The highest BCUT2D eigenvalue weighted by Gasteiger charge is 2.76. The molecule has 0 spiro atoms.